The summed E-state index contributed by atoms with van der Waals surface area (Å²) in [4.78, 5) is 0. The van der Waals surface area contributed by atoms with Crippen molar-refractivity contribution in [3.63, 3.8) is 0 Å². The topological polar surface area (TPSA) is 13.6 Å². The van der Waals surface area contributed by atoms with Gasteiger partial charge in [-0.05, 0) is 53.4 Å². The van der Waals surface area contributed by atoms with Crippen molar-refractivity contribution >= 4 is 5.52 Å². The number of hydrogen-bond acceptors (Lipinski definition) is 1. The van der Waals surface area contributed by atoms with Gasteiger partial charge in [-0.2, -0.15) is 0 Å². The fourth-order valence-corrected chi connectivity index (χ4v) is 3.13. The van der Waals surface area contributed by atoms with Gasteiger partial charge in [0.25, 0.3) is 0 Å². The smallest absolute Gasteiger partial charge is 0.118 e. The molecule has 118 valence electrons. The second kappa shape index (κ2) is 5.89. The molecule has 0 aliphatic heterocycles. The van der Waals surface area contributed by atoms with Crippen molar-refractivity contribution in [3.05, 3.63) is 84.7 Å². The van der Waals surface area contributed by atoms with Crippen molar-refractivity contribution in [2.24, 2.45) is 0 Å². The minimum absolute atomic E-state index is 0.879. The van der Waals surface area contributed by atoms with Crippen LogP contribution in [0.4, 0.5) is 0 Å². The molecule has 4 rings (SSSR count). The monoisotopic (exact) mass is 313 g/mol. The molecule has 4 aromatic rings. The average molecular weight is 313 g/mol. The van der Waals surface area contributed by atoms with Crippen molar-refractivity contribution in [1.82, 2.24) is 4.40 Å². The number of aromatic nitrogens is 1. The van der Waals surface area contributed by atoms with Crippen molar-refractivity contribution in [3.8, 4) is 28.0 Å². The highest BCUT2D eigenvalue weighted by Gasteiger charge is 2.07. The molecule has 0 saturated heterocycles. The zero-order valence-electron chi connectivity index (χ0n) is 13.9. The van der Waals surface area contributed by atoms with Gasteiger partial charge in [0.1, 0.15) is 5.75 Å². The Morgan fingerprint density at radius 1 is 0.750 bits per heavy atom. The van der Waals surface area contributed by atoms with Crippen molar-refractivity contribution < 1.29 is 4.74 Å². The number of rotatable bonds is 3. The van der Waals surface area contributed by atoms with Gasteiger partial charge < -0.3 is 9.14 Å². The predicted octanol–water partition coefficient (Wildman–Crippen LogP) is 5.59. The number of ether oxygens (including phenoxy) is 1. The Morgan fingerprint density at radius 2 is 1.50 bits per heavy atom. The molecule has 24 heavy (non-hydrogen) atoms. The molecule has 0 unspecified atom stereocenters. The highest BCUT2D eigenvalue weighted by molar-refractivity contribution is 5.76. The summed E-state index contributed by atoms with van der Waals surface area (Å²) in [5.41, 5.74) is 7.41. The summed E-state index contributed by atoms with van der Waals surface area (Å²) in [5.74, 6) is 0.879. The summed E-state index contributed by atoms with van der Waals surface area (Å²) in [6.07, 6.45) is 4.38. The number of benzene rings is 2. The molecule has 0 spiro atoms. The molecule has 0 N–H and O–H groups in total. The molecule has 0 amide bonds. The lowest BCUT2D eigenvalue weighted by atomic mass is 10.0. The van der Waals surface area contributed by atoms with E-state index in [4.69, 9.17) is 4.74 Å². The first-order chi connectivity index (χ1) is 11.7. The van der Waals surface area contributed by atoms with E-state index in [0.717, 1.165) is 5.75 Å². The SMILES string of the molecule is COc1ccc(-c2cc3cc(-c4ccccc4)c(C)cn3c2)cc1. The molecule has 0 bridgehead atoms. The van der Waals surface area contributed by atoms with Gasteiger partial charge in [0.15, 0.2) is 0 Å². The predicted molar refractivity (Wildman–Crippen MR) is 99.6 cm³/mol. The number of nitrogens with zero attached hydrogens (tertiary/aromatic N) is 1. The maximum atomic E-state index is 5.24. The van der Waals surface area contributed by atoms with Crippen molar-refractivity contribution in [2.75, 3.05) is 7.11 Å². The molecule has 0 fully saturated rings. The number of fused-ring (bicyclic) bond motifs is 1. The van der Waals surface area contributed by atoms with Crippen LogP contribution < -0.4 is 4.74 Å². The first-order valence-electron chi connectivity index (χ1n) is 8.07. The van der Waals surface area contributed by atoms with E-state index in [1.54, 1.807) is 7.11 Å². The van der Waals surface area contributed by atoms with Crippen LogP contribution in [0.25, 0.3) is 27.8 Å². The van der Waals surface area contributed by atoms with Crippen LogP contribution in [0.5, 0.6) is 5.75 Å². The third kappa shape index (κ3) is 2.56. The lowest BCUT2D eigenvalue weighted by Gasteiger charge is -2.07. The molecular formula is C22H19NO. The quantitative estimate of drug-likeness (QED) is 0.480. The van der Waals surface area contributed by atoms with Crippen molar-refractivity contribution in [2.45, 2.75) is 6.92 Å². The van der Waals surface area contributed by atoms with Gasteiger partial charge in [0.05, 0.1) is 7.11 Å². The van der Waals surface area contributed by atoms with Gasteiger partial charge in [-0.1, -0.05) is 42.5 Å². The van der Waals surface area contributed by atoms with Crippen molar-refractivity contribution in [1.29, 1.82) is 0 Å². The van der Waals surface area contributed by atoms with E-state index in [9.17, 15) is 0 Å². The van der Waals surface area contributed by atoms with Gasteiger partial charge in [0.2, 0.25) is 0 Å². The molecule has 2 nitrogen and oxygen atoms in total. The second-order valence-corrected chi connectivity index (χ2v) is 6.03. The summed E-state index contributed by atoms with van der Waals surface area (Å²) < 4.78 is 7.43. The van der Waals surface area contributed by atoms with Gasteiger partial charge in [0, 0.05) is 23.5 Å². The summed E-state index contributed by atoms with van der Waals surface area (Å²) >= 11 is 0. The lowest BCUT2D eigenvalue weighted by molar-refractivity contribution is 0.415. The van der Waals surface area contributed by atoms with Gasteiger partial charge >= 0.3 is 0 Å². The number of pyridine rings is 1. The van der Waals surface area contributed by atoms with E-state index in [-0.39, 0.29) is 0 Å². The first kappa shape index (κ1) is 14.6. The summed E-state index contributed by atoms with van der Waals surface area (Å²) in [6.45, 7) is 2.16. The van der Waals surface area contributed by atoms with Crippen LogP contribution in [0.2, 0.25) is 0 Å². The Kier molecular flexibility index (Phi) is 3.58. The average Bonchev–Trinajstić information content (AvgIpc) is 3.04. The highest BCUT2D eigenvalue weighted by Crippen LogP contribution is 2.29. The summed E-state index contributed by atoms with van der Waals surface area (Å²) in [5, 5.41) is 0. The molecule has 0 radical (unpaired) electrons. The zero-order valence-corrected chi connectivity index (χ0v) is 13.9. The van der Waals surface area contributed by atoms with E-state index in [0.29, 0.717) is 0 Å². The standard InChI is InChI=1S/C22H19NO/c1-16-14-23-15-19(17-8-10-21(24-2)11-9-17)12-20(23)13-22(16)18-6-4-3-5-7-18/h3-15H,1-2H3. The van der Waals surface area contributed by atoms with E-state index < -0.39 is 0 Å². The third-order valence-corrected chi connectivity index (χ3v) is 4.44. The second-order valence-electron chi connectivity index (χ2n) is 6.03. The van der Waals surface area contributed by atoms with E-state index in [2.05, 4.69) is 78.3 Å². The fraction of sp³-hybridized carbons (Fsp3) is 0.0909. The van der Waals surface area contributed by atoms with Gasteiger partial charge in [-0.3, -0.25) is 0 Å². The molecule has 0 atom stereocenters. The van der Waals surface area contributed by atoms with Crippen LogP contribution >= 0.6 is 0 Å². The van der Waals surface area contributed by atoms with E-state index in [1.165, 1.54) is 33.3 Å². The molecule has 0 aliphatic carbocycles. The number of hydrogen-bond donors (Lipinski definition) is 0. The summed E-state index contributed by atoms with van der Waals surface area (Å²) in [7, 11) is 1.69. The van der Waals surface area contributed by atoms with Gasteiger partial charge in [-0.25, -0.2) is 0 Å². The van der Waals surface area contributed by atoms with Crippen LogP contribution in [0.15, 0.2) is 79.1 Å². The van der Waals surface area contributed by atoms with E-state index in [1.807, 2.05) is 12.1 Å². The molecule has 2 heterocycles. The van der Waals surface area contributed by atoms with Crippen LogP contribution in [0.1, 0.15) is 5.56 Å². The molecule has 0 saturated carbocycles. The Hall–Kier alpha value is -3.00. The fourth-order valence-electron chi connectivity index (χ4n) is 3.13. The normalized spacial score (nSPS) is 10.9. The Morgan fingerprint density at radius 3 is 2.21 bits per heavy atom. The van der Waals surface area contributed by atoms with E-state index >= 15 is 0 Å². The molecule has 2 aromatic carbocycles. The highest BCUT2D eigenvalue weighted by atomic mass is 16.5. The molecule has 0 aliphatic rings. The van der Waals surface area contributed by atoms with Crippen LogP contribution in [-0.4, -0.2) is 11.5 Å². The molecular weight excluding hydrogens is 294 g/mol. The Labute approximate surface area is 142 Å². The largest absolute Gasteiger partial charge is 0.497 e. The minimum atomic E-state index is 0.879. The molecule has 2 aromatic heterocycles. The zero-order chi connectivity index (χ0) is 16.5. The van der Waals surface area contributed by atoms with Crippen LogP contribution in [0.3, 0.4) is 0 Å². The molecule has 2 heteroatoms. The Balaban J connectivity index is 1.80. The van der Waals surface area contributed by atoms with Gasteiger partial charge in [-0.15, -0.1) is 0 Å². The minimum Gasteiger partial charge on any atom is -0.497 e. The maximum Gasteiger partial charge on any atom is 0.118 e. The lowest BCUT2D eigenvalue weighted by Crippen LogP contribution is -1.88. The van der Waals surface area contributed by atoms with Crippen LogP contribution in [0, 0.1) is 6.92 Å². The first-order valence-corrected chi connectivity index (χ1v) is 8.07. The third-order valence-electron chi connectivity index (χ3n) is 4.44. The Bertz CT molecular complexity index is 982. The van der Waals surface area contributed by atoms with Crippen LogP contribution in [-0.2, 0) is 0 Å². The summed E-state index contributed by atoms with van der Waals surface area (Å²) in [6, 6.07) is 23.2. The maximum absolute atomic E-state index is 5.24. The number of aryl methyl sites for hydroxylation is 1. The number of methoxy groups -OCH3 is 1.